The van der Waals surface area contributed by atoms with Crippen LogP contribution in [0.2, 0.25) is 0 Å². The number of carbonyl (C=O) groups excluding carboxylic acids is 1. The lowest BCUT2D eigenvalue weighted by atomic mass is 10.1. The van der Waals surface area contributed by atoms with Crippen LogP contribution in [0.25, 0.3) is 0 Å². The van der Waals surface area contributed by atoms with E-state index in [1.54, 1.807) is 0 Å². The van der Waals surface area contributed by atoms with Crippen molar-refractivity contribution in [3.8, 4) is 0 Å². The highest BCUT2D eigenvalue weighted by molar-refractivity contribution is 5.76. The maximum atomic E-state index is 11.6. The predicted molar refractivity (Wildman–Crippen MR) is 78.6 cm³/mol. The standard InChI is InChI=1S/C16H23NO3/c1-2-13-6-8-14(9-7-13)10-11-15(18)17-12-4-3-5-16(19)20/h6-9H,2-5,10-12H2,1H3,(H,17,18)(H,19,20). The quantitative estimate of drug-likeness (QED) is 0.682. The van der Waals surface area contributed by atoms with E-state index in [1.807, 2.05) is 0 Å². The minimum absolute atomic E-state index is 0.0277. The monoisotopic (exact) mass is 277 g/mol. The zero-order valence-electron chi connectivity index (χ0n) is 12.0. The summed E-state index contributed by atoms with van der Waals surface area (Å²) in [6.07, 6.45) is 3.73. The van der Waals surface area contributed by atoms with Crippen LogP contribution in [0.1, 0.15) is 43.7 Å². The molecule has 1 amide bonds. The number of rotatable bonds is 9. The predicted octanol–water partition coefficient (Wildman–Crippen LogP) is 2.55. The molecule has 0 saturated carbocycles. The van der Waals surface area contributed by atoms with Crippen LogP contribution in [0.4, 0.5) is 0 Å². The van der Waals surface area contributed by atoms with Gasteiger partial charge < -0.3 is 10.4 Å². The largest absolute Gasteiger partial charge is 0.481 e. The van der Waals surface area contributed by atoms with Gasteiger partial charge in [0.1, 0.15) is 0 Å². The third kappa shape index (κ3) is 6.92. The lowest BCUT2D eigenvalue weighted by Gasteiger charge is -2.05. The van der Waals surface area contributed by atoms with Crippen molar-refractivity contribution in [1.29, 1.82) is 0 Å². The Morgan fingerprint density at radius 1 is 1.05 bits per heavy atom. The fourth-order valence-electron chi connectivity index (χ4n) is 1.92. The second-order valence-corrected chi connectivity index (χ2v) is 4.87. The van der Waals surface area contributed by atoms with Crippen molar-refractivity contribution in [2.24, 2.45) is 0 Å². The Hall–Kier alpha value is -1.84. The number of carboxylic acid groups (broad SMARTS) is 1. The Balaban J connectivity index is 2.14. The van der Waals surface area contributed by atoms with Gasteiger partial charge in [0.2, 0.25) is 5.91 Å². The number of carboxylic acids is 1. The Labute approximate surface area is 120 Å². The number of carbonyl (C=O) groups is 2. The van der Waals surface area contributed by atoms with Crippen molar-refractivity contribution >= 4 is 11.9 Å². The van der Waals surface area contributed by atoms with Gasteiger partial charge in [0.25, 0.3) is 0 Å². The number of amides is 1. The Morgan fingerprint density at radius 3 is 2.30 bits per heavy atom. The van der Waals surface area contributed by atoms with Crippen LogP contribution in [-0.2, 0) is 22.4 Å². The van der Waals surface area contributed by atoms with Gasteiger partial charge in [0.05, 0.1) is 0 Å². The van der Waals surface area contributed by atoms with Gasteiger partial charge in [0, 0.05) is 19.4 Å². The van der Waals surface area contributed by atoms with Crippen molar-refractivity contribution in [3.63, 3.8) is 0 Å². The molecule has 0 bridgehead atoms. The molecule has 0 aliphatic carbocycles. The average Bonchev–Trinajstić information content (AvgIpc) is 2.45. The maximum absolute atomic E-state index is 11.6. The smallest absolute Gasteiger partial charge is 0.303 e. The molecule has 1 aromatic carbocycles. The second-order valence-electron chi connectivity index (χ2n) is 4.87. The Kier molecular flexibility index (Phi) is 7.40. The summed E-state index contributed by atoms with van der Waals surface area (Å²) >= 11 is 0. The van der Waals surface area contributed by atoms with Gasteiger partial charge in [-0.25, -0.2) is 0 Å². The number of aryl methyl sites for hydroxylation is 2. The van der Waals surface area contributed by atoms with Gasteiger partial charge >= 0.3 is 5.97 Å². The molecule has 0 spiro atoms. The molecule has 0 atom stereocenters. The van der Waals surface area contributed by atoms with Crippen molar-refractivity contribution < 1.29 is 14.7 Å². The minimum atomic E-state index is -0.785. The van der Waals surface area contributed by atoms with Gasteiger partial charge in [-0.3, -0.25) is 9.59 Å². The molecule has 0 unspecified atom stereocenters. The van der Waals surface area contributed by atoms with Gasteiger partial charge in [-0.2, -0.15) is 0 Å². The summed E-state index contributed by atoms with van der Waals surface area (Å²) in [5.41, 5.74) is 2.47. The number of unbranched alkanes of at least 4 members (excludes halogenated alkanes) is 1. The van der Waals surface area contributed by atoms with Gasteiger partial charge in [-0.15, -0.1) is 0 Å². The molecule has 4 nitrogen and oxygen atoms in total. The number of aliphatic carboxylic acids is 1. The molecular weight excluding hydrogens is 254 g/mol. The highest BCUT2D eigenvalue weighted by Gasteiger charge is 2.02. The first-order chi connectivity index (χ1) is 9.61. The van der Waals surface area contributed by atoms with Gasteiger partial charge in [-0.05, 0) is 36.8 Å². The van der Waals surface area contributed by atoms with Crippen LogP contribution in [0.3, 0.4) is 0 Å². The molecule has 0 fully saturated rings. The molecule has 0 saturated heterocycles. The summed E-state index contributed by atoms with van der Waals surface area (Å²) < 4.78 is 0. The van der Waals surface area contributed by atoms with Crippen molar-refractivity contribution in [2.45, 2.75) is 45.4 Å². The highest BCUT2D eigenvalue weighted by Crippen LogP contribution is 2.07. The molecule has 0 aromatic heterocycles. The molecular formula is C16H23NO3. The highest BCUT2D eigenvalue weighted by atomic mass is 16.4. The Bertz CT molecular complexity index is 426. The van der Waals surface area contributed by atoms with E-state index in [0.29, 0.717) is 25.8 Å². The number of hydrogen-bond acceptors (Lipinski definition) is 2. The fourth-order valence-corrected chi connectivity index (χ4v) is 1.92. The van der Waals surface area contributed by atoms with Crippen LogP contribution in [0.5, 0.6) is 0 Å². The fraction of sp³-hybridized carbons (Fsp3) is 0.500. The zero-order chi connectivity index (χ0) is 14.8. The average molecular weight is 277 g/mol. The SMILES string of the molecule is CCc1ccc(CCC(=O)NCCCCC(=O)O)cc1. The normalized spacial score (nSPS) is 10.2. The maximum Gasteiger partial charge on any atom is 0.303 e. The first kappa shape index (κ1) is 16.2. The van der Waals surface area contributed by atoms with Crippen molar-refractivity contribution in [2.75, 3.05) is 6.54 Å². The third-order valence-corrected chi connectivity index (χ3v) is 3.21. The minimum Gasteiger partial charge on any atom is -0.481 e. The molecule has 0 heterocycles. The lowest BCUT2D eigenvalue weighted by Crippen LogP contribution is -2.24. The summed E-state index contributed by atoms with van der Waals surface area (Å²) in [6, 6.07) is 8.33. The van der Waals surface area contributed by atoms with Crippen molar-refractivity contribution in [3.05, 3.63) is 35.4 Å². The zero-order valence-corrected chi connectivity index (χ0v) is 12.0. The molecule has 1 aromatic rings. The van der Waals surface area contributed by atoms with E-state index in [9.17, 15) is 9.59 Å². The summed E-state index contributed by atoms with van der Waals surface area (Å²) in [4.78, 5) is 21.9. The second kappa shape index (κ2) is 9.13. The first-order valence-corrected chi connectivity index (χ1v) is 7.18. The molecule has 110 valence electrons. The van der Waals surface area contributed by atoms with Crippen LogP contribution in [0, 0.1) is 0 Å². The number of hydrogen-bond donors (Lipinski definition) is 2. The van der Waals surface area contributed by atoms with Crippen LogP contribution in [-0.4, -0.2) is 23.5 Å². The van der Waals surface area contributed by atoms with E-state index < -0.39 is 5.97 Å². The molecule has 0 radical (unpaired) electrons. The molecule has 0 aliphatic rings. The summed E-state index contributed by atoms with van der Waals surface area (Å²) in [7, 11) is 0. The molecule has 2 N–H and O–H groups in total. The van der Waals surface area contributed by atoms with E-state index in [-0.39, 0.29) is 12.3 Å². The van der Waals surface area contributed by atoms with E-state index in [1.165, 1.54) is 11.1 Å². The molecule has 4 heteroatoms. The topological polar surface area (TPSA) is 66.4 Å². The van der Waals surface area contributed by atoms with Crippen LogP contribution < -0.4 is 5.32 Å². The summed E-state index contributed by atoms with van der Waals surface area (Å²) in [6.45, 7) is 2.67. The van der Waals surface area contributed by atoms with Crippen LogP contribution >= 0.6 is 0 Å². The number of benzene rings is 1. The third-order valence-electron chi connectivity index (χ3n) is 3.21. The first-order valence-electron chi connectivity index (χ1n) is 7.18. The van der Waals surface area contributed by atoms with Crippen molar-refractivity contribution in [1.82, 2.24) is 5.32 Å². The Morgan fingerprint density at radius 2 is 1.70 bits per heavy atom. The molecule has 20 heavy (non-hydrogen) atoms. The molecule has 0 aliphatic heterocycles. The summed E-state index contributed by atoms with van der Waals surface area (Å²) in [5, 5.41) is 11.3. The van der Waals surface area contributed by atoms with E-state index in [0.717, 1.165) is 12.8 Å². The van der Waals surface area contributed by atoms with E-state index >= 15 is 0 Å². The van der Waals surface area contributed by atoms with Gasteiger partial charge in [-0.1, -0.05) is 31.2 Å². The van der Waals surface area contributed by atoms with E-state index in [2.05, 4.69) is 36.5 Å². The summed E-state index contributed by atoms with van der Waals surface area (Å²) in [5.74, 6) is -0.758. The van der Waals surface area contributed by atoms with E-state index in [4.69, 9.17) is 5.11 Å². The number of nitrogens with one attached hydrogen (secondary N) is 1. The lowest BCUT2D eigenvalue weighted by molar-refractivity contribution is -0.137. The van der Waals surface area contributed by atoms with Crippen LogP contribution in [0.15, 0.2) is 24.3 Å². The molecule has 1 rings (SSSR count). The van der Waals surface area contributed by atoms with Gasteiger partial charge in [0.15, 0.2) is 0 Å².